The molecule has 1 amide bonds. The number of anilines is 2. The summed E-state index contributed by atoms with van der Waals surface area (Å²) in [5.41, 5.74) is 8.50. The molecular formula is C17H27N3O. The van der Waals surface area contributed by atoms with Crippen molar-refractivity contribution in [2.24, 2.45) is 5.41 Å². The fourth-order valence-electron chi connectivity index (χ4n) is 3.20. The molecule has 4 heteroatoms. The van der Waals surface area contributed by atoms with E-state index in [-0.39, 0.29) is 5.91 Å². The first-order chi connectivity index (χ1) is 9.97. The monoisotopic (exact) mass is 289 g/mol. The van der Waals surface area contributed by atoms with Crippen LogP contribution in [0.2, 0.25) is 0 Å². The molecule has 1 aliphatic rings. The Bertz CT molecular complexity index is 505. The lowest BCUT2D eigenvalue weighted by Gasteiger charge is -2.29. The van der Waals surface area contributed by atoms with Crippen LogP contribution in [-0.4, -0.2) is 31.4 Å². The van der Waals surface area contributed by atoms with Crippen LogP contribution in [-0.2, 0) is 0 Å². The maximum absolute atomic E-state index is 12.3. The first kappa shape index (κ1) is 15.7. The number of benzene rings is 1. The molecule has 0 bridgehead atoms. The zero-order valence-corrected chi connectivity index (χ0v) is 13.4. The second-order valence-corrected chi connectivity index (χ2v) is 6.42. The van der Waals surface area contributed by atoms with Gasteiger partial charge in [-0.25, -0.2) is 0 Å². The first-order valence-electron chi connectivity index (χ1n) is 7.82. The van der Waals surface area contributed by atoms with Crippen LogP contribution in [0.25, 0.3) is 0 Å². The standard InChI is InChI=1S/C17H27N3O/c1-4-17(9-5-6-10-17)12-19-15-11-13(18)7-8-14(15)16(21)20(2)3/h7-8,11,19H,4-6,9-10,12,18H2,1-3H3. The number of rotatable bonds is 5. The maximum Gasteiger partial charge on any atom is 0.255 e. The zero-order valence-electron chi connectivity index (χ0n) is 13.4. The summed E-state index contributed by atoms with van der Waals surface area (Å²) in [5, 5.41) is 3.50. The number of nitrogens with one attached hydrogen (secondary N) is 1. The number of amides is 1. The summed E-state index contributed by atoms with van der Waals surface area (Å²) in [6.45, 7) is 3.18. The highest BCUT2D eigenvalue weighted by Crippen LogP contribution is 2.41. The lowest BCUT2D eigenvalue weighted by Crippen LogP contribution is -2.28. The van der Waals surface area contributed by atoms with E-state index in [1.54, 1.807) is 25.1 Å². The molecule has 3 N–H and O–H groups in total. The van der Waals surface area contributed by atoms with Crippen LogP contribution in [0.15, 0.2) is 18.2 Å². The Labute approximate surface area is 127 Å². The highest BCUT2D eigenvalue weighted by molar-refractivity contribution is 6.00. The smallest absolute Gasteiger partial charge is 0.255 e. The summed E-state index contributed by atoms with van der Waals surface area (Å²) < 4.78 is 0. The molecule has 0 unspecified atom stereocenters. The van der Waals surface area contributed by atoms with Gasteiger partial charge in [-0.3, -0.25) is 4.79 Å². The van der Waals surface area contributed by atoms with E-state index >= 15 is 0 Å². The Hall–Kier alpha value is -1.71. The summed E-state index contributed by atoms with van der Waals surface area (Å²) in [6.07, 6.45) is 6.36. The minimum Gasteiger partial charge on any atom is -0.399 e. The van der Waals surface area contributed by atoms with Crippen molar-refractivity contribution in [3.63, 3.8) is 0 Å². The number of nitrogen functional groups attached to an aromatic ring is 1. The van der Waals surface area contributed by atoms with Gasteiger partial charge in [-0.1, -0.05) is 19.8 Å². The quantitative estimate of drug-likeness (QED) is 0.817. The van der Waals surface area contributed by atoms with Crippen molar-refractivity contribution in [2.75, 3.05) is 31.7 Å². The molecule has 1 aliphatic carbocycles. The molecule has 0 saturated heterocycles. The Balaban J connectivity index is 2.18. The summed E-state index contributed by atoms with van der Waals surface area (Å²) in [5.74, 6) is 0.00877. The van der Waals surface area contributed by atoms with Gasteiger partial charge in [0.15, 0.2) is 0 Å². The van der Waals surface area contributed by atoms with Crippen LogP contribution in [0, 0.1) is 5.41 Å². The van der Waals surface area contributed by atoms with Crippen LogP contribution in [0.5, 0.6) is 0 Å². The van der Waals surface area contributed by atoms with Crippen molar-refractivity contribution in [3.05, 3.63) is 23.8 Å². The average Bonchev–Trinajstić information content (AvgIpc) is 2.94. The number of carbonyl (C=O) groups is 1. The molecular weight excluding hydrogens is 262 g/mol. The first-order valence-corrected chi connectivity index (χ1v) is 7.82. The van der Waals surface area contributed by atoms with Gasteiger partial charge in [-0.05, 0) is 42.9 Å². The van der Waals surface area contributed by atoms with Gasteiger partial charge in [-0.2, -0.15) is 0 Å². The Kier molecular flexibility index (Phi) is 4.76. The summed E-state index contributed by atoms with van der Waals surface area (Å²) in [7, 11) is 3.54. The third kappa shape index (κ3) is 3.49. The molecule has 21 heavy (non-hydrogen) atoms. The van der Waals surface area contributed by atoms with Gasteiger partial charge in [0.25, 0.3) is 5.91 Å². The molecule has 0 spiro atoms. The predicted molar refractivity (Wildman–Crippen MR) is 88.6 cm³/mol. The third-order valence-corrected chi connectivity index (χ3v) is 4.75. The molecule has 1 fully saturated rings. The molecule has 0 aliphatic heterocycles. The predicted octanol–water partition coefficient (Wildman–Crippen LogP) is 3.35. The number of nitrogens with zero attached hydrogens (tertiary/aromatic N) is 1. The van der Waals surface area contributed by atoms with E-state index in [0.717, 1.165) is 12.2 Å². The molecule has 0 radical (unpaired) electrons. The van der Waals surface area contributed by atoms with Crippen LogP contribution in [0.3, 0.4) is 0 Å². The summed E-state index contributed by atoms with van der Waals surface area (Å²) in [6, 6.07) is 5.47. The van der Waals surface area contributed by atoms with Gasteiger partial charge in [0.2, 0.25) is 0 Å². The van der Waals surface area contributed by atoms with E-state index in [2.05, 4.69) is 12.2 Å². The van der Waals surface area contributed by atoms with E-state index in [1.165, 1.54) is 32.1 Å². The van der Waals surface area contributed by atoms with Gasteiger partial charge in [0.05, 0.1) is 5.56 Å². The van der Waals surface area contributed by atoms with E-state index < -0.39 is 0 Å². The summed E-state index contributed by atoms with van der Waals surface area (Å²) in [4.78, 5) is 13.9. The number of hydrogen-bond acceptors (Lipinski definition) is 3. The van der Waals surface area contributed by atoms with Crippen LogP contribution in [0.4, 0.5) is 11.4 Å². The fourth-order valence-corrected chi connectivity index (χ4v) is 3.20. The van der Waals surface area contributed by atoms with Crippen LogP contribution >= 0.6 is 0 Å². The van der Waals surface area contributed by atoms with Gasteiger partial charge in [0, 0.05) is 32.0 Å². The molecule has 0 heterocycles. The minimum atomic E-state index is 0.00877. The van der Waals surface area contributed by atoms with Crippen molar-refractivity contribution < 1.29 is 4.79 Å². The van der Waals surface area contributed by atoms with E-state index in [1.807, 2.05) is 12.1 Å². The van der Waals surface area contributed by atoms with Crippen molar-refractivity contribution in [1.29, 1.82) is 0 Å². The molecule has 0 aromatic heterocycles. The van der Waals surface area contributed by atoms with E-state index in [4.69, 9.17) is 5.73 Å². The van der Waals surface area contributed by atoms with Gasteiger partial charge >= 0.3 is 0 Å². The van der Waals surface area contributed by atoms with E-state index in [9.17, 15) is 4.79 Å². The van der Waals surface area contributed by atoms with Crippen molar-refractivity contribution in [2.45, 2.75) is 39.0 Å². The van der Waals surface area contributed by atoms with Gasteiger partial charge in [0.1, 0.15) is 0 Å². The highest BCUT2D eigenvalue weighted by Gasteiger charge is 2.32. The van der Waals surface area contributed by atoms with Crippen LogP contribution in [0.1, 0.15) is 49.4 Å². The molecule has 2 rings (SSSR count). The fraction of sp³-hybridized carbons (Fsp3) is 0.588. The summed E-state index contributed by atoms with van der Waals surface area (Å²) >= 11 is 0. The normalized spacial score (nSPS) is 16.7. The Morgan fingerprint density at radius 2 is 2.00 bits per heavy atom. The topological polar surface area (TPSA) is 58.4 Å². The molecule has 4 nitrogen and oxygen atoms in total. The third-order valence-electron chi connectivity index (χ3n) is 4.75. The molecule has 1 aromatic carbocycles. The Morgan fingerprint density at radius 1 is 1.33 bits per heavy atom. The molecule has 0 atom stereocenters. The SMILES string of the molecule is CCC1(CNc2cc(N)ccc2C(=O)N(C)C)CCCC1. The van der Waals surface area contributed by atoms with Gasteiger partial charge in [-0.15, -0.1) is 0 Å². The second-order valence-electron chi connectivity index (χ2n) is 6.42. The maximum atomic E-state index is 12.3. The number of carbonyl (C=O) groups excluding carboxylic acids is 1. The highest BCUT2D eigenvalue weighted by atomic mass is 16.2. The van der Waals surface area contributed by atoms with Crippen molar-refractivity contribution in [3.8, 4) is 0 Å². The van der Waals surface area contributed by atoms with Crippen molar-refractivity contribution >= 4 is 17.3 Å². The molecule has 116 valence electrons. The number of nitrogens with two attached hydrogens (primary N) is 1. The molecule has 1 saturated carbocycles. The zero-order chi connectivity index (χ0) is 15.5. The molecule has 1 aromatic rings. The largest absolute Gasteiger partial charge is 0.399 e. The van der Waals surface area contributed by atoms with Crippen LogP contribution < -0.4 is 11.1 Å². The van der Waals surface area contributed by atoms with E-state index in [0.29, 0.717) is 16.7 Å². The lowest BCUT2D eigenvalue weighted by atomic mass is 9.83. The Morgan fingerprint density at radius 3 is 2.57 bits per heavy atom. The minimum absolute atomic E-state index is 0.00877. The number of hydrogen-bond donors (Lipinski definition) is 2. The second kappa shape index (κ2) is 6.37. The van der Waals surface area contributed by atoms with Crippen molar-refractivity contribution in [1.82, 2.24) is 4.90 Å². The average molecular weight is 289 g/mol. The van der Waals surface area contributed by atoms with Gasteiger partial charge < -0.3 is 16.0 Å². The lowest BCUT2D eigenvalue weighted by molar-refractivity contribution is 0.0828.